The van der Waals surface area contributed by atoms with Crippen LogP contribution in [-0.2, 0) is 0 Å². The number of carbonyl (C=O) groups is 1. The lowest BCUT2D eigenvalue weighted by molar-refractivity contribution is 0.0789. The Morgan fingerprint density at radius 1 is 1.23 bits per heavy atom. The molecule has 0 saturated carbocycles. The van der Waals surface area contributed by atoms with Gasteiger partial charge in [-0.3, -0.25) is 9.78 Å². The summed E-state index contributed by atoms with van der Waals surface area (Å²) in [5.74, 6) is -0.0917. The van der Waals surface area contributed by atoms with Crippen LogP contribution in [0.2, 0.25) is 0 Å². The van der Waals surface area contributed by atoms with E-state index in [4.69, 9.17) is 5.11 Å². The highest BCUT2D eigenvalue weighted by molar-refractivity contribution is 7.17. The first-order valence-corrected chi connectivity index (χ1v) is 10.9. The van der Waals surface area contributed by atoms with E-state index >= 15 is 0 Å². The molecule has 4 rings (SSSR count). The van der Waals surface area contributed by atoms with Gasteiger partial charge in [0.2, 0.25) is 5.95 Å². The number of pyridine rings is 1. The van der Waals surface area contributed by atoms with Crippen molar-refractivity contribution < 1.29 is 14.3 Å². The largest absolute Gasteiger partial charge is 0.400 e. The van der Waals surface area contributed by atoms with Gasteiger partial charge in [0.1, 0.15) is 5.82 Å². The molecule has 0 spiro atoms. The second kappa shape index (κ2) is 11.5. The molecule has 30 heavy (non-hydrogen) atoms. The molecule has 9 heteroatoms. The highest BCUT2D eigenvalue weighted by Crippen LogP contribution is 2.27. The van der Waals surface area contributed by atoms with E-state index in [2.05, 4.69) is 20.3 Å². The van der Waals surface area contributed by atoms with Crippen molar-refractivity contribution in [1.82, 2.24) is 19.9 Å². The summed E-state index contributed by atoms with van der Waals surface area (Å²) in [6.45, 7) is 7.41. The summed E-state index contributed by atoms with van der Waals surface area (Å²) >= 11 is 1.47. The molecule has 1 aliphatic rings. The van der Waals surface area contributed by atoms with E-state index in [9.17, 15) is 9.18 Å². The van der Waals surface area contributed by atoms with Crippen LogP contribution in [0.25, 0.3) is 10.2 Å². The number of thiophene rings is 1. The molecule has 3 aromatic rings. The third kappa shape index (κ3) is 5.48. The maximum absolute atomic E-state index is 13.4. The molecule has 162 valence electrons. The Bertz CT molecular complexity index is 959. The number of hydrogen-bond acceptors (Lipinski definition) is 7. The highest BCUT2D eigenvalue weighted by atomic mass is 32.1. The maximum Gasteiger partial charge on any atom is 0.274 e. The fourth-order valence-corrected chi connectivity index (χ4v) is 3.90. The Hall–Kier alpha value is -2.65. The predicted octanol–water partition coefficient (Wildman–Crippen LogP) is 4.27. The smallest absolute Gasteiger partial charge is 0.274 e. The first-order chi connectivity index (χ1) is 14.6. The van der Waals surface area contributed by atoms with E-state index in [0.29, 0.717) is 17.2 Å². The van der Waals surface area contributed by atoms with E-state index in [1.807, 2.05) is 37.1 Å². The summed E-state index contributed by atoms with van der Waals surface area (Å²) in [4.78, 5) is 27.6. The summed E-state index contributed by atoms with van der Waals surface area (Å²) in [5.41, 5.74) is 1.85. The average Bonchev–Trinajstić information content (AvgIpc) is 3.48. The van der Waals surface area contributed by atoms with Crippen LogP contribution in [0.4, 0.5) is 10.3 Å². The van der Waals surface area contributed by atoms with Gasteiger partial charge in [-0.1, -0.05) is 13.8 Å². The minimum Gasteiger partial charge on any atom is -0.400 e. The fraction of sp³-hybridized carbons (Fsp3) is 0.429. The van der Waals surface area contributed by atoms with Gasteiger partial charge in [0.15, 0.2) is 5.69 Å². The van der Waals surface area contributed by atoms with Crippen LogP contribution < -0.4 is 5.32 Å². The Kier molecular flexibility index (Phi) is 9.07. The number of aliphatic hydroxyl groups excluding tert-OH is 1. The van der Waals surface area contributed by atoms with Crippen LogP contribution in [0, 0.1) is 5.82 Å². The number of anilines is 1. The number of aromatic nitrogens is 3. The molecule has 1 unspecified atom stereocenters. The SMILES string of the molecule is CC.CC(Nc1nc(C(=O)N2CCCC2)c2sccc2n1)c1cncc(F)c1.CO. The molecule has 0 aliphatic carbocycles. The number of nitrogens with one attached hydrogen (secondary N) is 1. The molecule has 1 atom stereocenters. The number of carbonyl (C=O) groups excluding carboxylic acids is 1. The number of likely N-dealkylation sites (tertiary alicyclic amines) is 1. The van der Waals surface area contributed by atoms with Crippen LogP contribution in [0.1, 0.15) is 55.7 Å². The van der Waals surface area contributed by atoms with Crippen molar-refractivity contribution in [2.45, 2.75) is 39.7 Å². The van der Waals surface area contributed by atoms with E-state index in [1.165, 1.54) is 17.4 Å². The summed E-state index contributed by atoms with van der Waals surface area (Å²) in [5, 5.41) is 12.1. The molecule has 1 aliphatic heterocycles. The Labute approximate surface area is 180 Å². The van der Waals surface area contributed by atoms with Gasteiger partial charge < -0.3 is 15.3 Å². The highest BCUT2D eigenvalue weighted by Gasteiger charge is 2.24. The third-order valence-electron chi connectivity index (χ3n) is 4.47. The molecule has 2 N–H and O–H groups in total. The summed E-state index contributed by atoms with van der Waals surface area (Å²) < 4.78 is 14.2. The maximum atomic E-state index is 13.4. The van der Waals surface area contributed by atoms with Gasteiger partial charge >= 0.3 is 0 Å². The summed E-state index contributed by atoms with van der Waals surface area (Å²) in [6.07, 6.45) is 4.81. The van der Waals surface area contributed by atoms with Crippen LogP contribution in [0.15, 0.2) is 29.9 Å². The zero-order valence-corrected chi connectivity index (χ0v) is 18.5. The van der Waals surface area contributed by atoms with Crippen molar-refractivity contribution in [3.05, 3.63) is 47.0 Å². The van der Waals surface area contributed by atoms with Crippen molar-refractivity contribution in [1.29, 1.82) is 0 Å². The first-order valence-electron chi connectivity index (χ1n) is 9.98. The van der Waals surface area contributed by atoms with E-state index < -0.39 is 5.82 Å². The number of fused-ring (bicyclic) bond motifs is 1. The monoisotopic (exact) mass is 433 g/mol. The second-order valence-corrected chi connectivity index (χ2v) is 7.25. The number of nitrogens with zero attached hydrogens (tertiary/aromatic N) is 4. The molecule has 4 heterocycles. The van der Waals surface area contributed by atoms with E-state index in [1.54, 1.807) is 6.20 Å². The van der Waals surface area contributed by atoms with Crippen LogP contribution >= 0.6 is 11.3 Å². The van der Waals surface area contributed by atoms with Crippen LogP contribution in [0.5, 0.6) is 0 Å². The van der Waals surface area contributed by atoms with Gasteiger partial charge in [0.25, 0.3) is 5.91 Å². The zero-order chi connectivity index (χ0) is 22.1. The average molecular weight is 434 g/mol. The quantitative estimate of drug-likeness (QED) is 0.639. The molecule has 1 fully saturated rings. The summed E-state index contributed by atoms with van der Waals surface area (Å²) in [7, 11) is 1.00. The van der Waals surface area contributed by atoms with Gasteiger partial charge in [-0.25, -0.2) is 14.4 Å². The normalized spacial score (nSPS) is 13.7. The molecular formula is C21H28FN5O2S. The standard InChI is InChI=1S/C18H18FN5OS.C2H6.CH4O/c1-11(12-8-13(19)10-20-9-12)21-18-22-14-4-7-26-16(14)15(23-18)17(25)24-5-2-3-6-24;2*1-2/h4,7-11H,2-3,5-6H2,1H3,(H,21,22,23);1-2H3;2H,1H3. The topological polar surface area (TPSA) is 91.2 Å². The lowest BCUT2D eigenvalue weighted by atomic mass is 10.1. The lowest BCUT2D eigenvalue weighted by Crippen LogP contribution is -2.28. The lowest BCUT2D eigenvalue weighted by Gasteiger charge is -2.17. The van der Waals surface area contributed by atoms with E-state index in [0.717, 1.165) is 49.5 Å². The van der Waals surface area contributed by atoms with E-state index in [-0.39, 0.29) is 11.9 Å². The number of hydrogen-bond donors (Lipinski definition) is 2. The number of amides is 1. The van der Waals surface area contributed by atoms with Crippen molar-refractivity contribution in [2.75, 3.05) is 25.5 Å². The molecule has 0 aromatic carbocycles. The van der Waals surface area contributed by atoms with Crippen molar-refractivity contribution in [2.24, 2.45) is 0 Å². The molecule has 1 saturated heterocycles. The molecule has 3 aromatic heterocycles. The Balaban J connectivity index is 0.000000757. The van der Waals surface area contributed by atoms with Gasteiger partial charge in [0, 0.05) is 26.4 Å². The summed E-state index contributed by atoms with van der Waals surface area (Å²) in [6, 6.07) is 3.05. The molecule has 0 radical (unpaired) electrons. The number of halogens is 1. The number of rotatable bonds is 4. The van der Waals surface area contributed by atoms with Crippen molar-refractivity contribution in [3.8, 4) is 0 Å². The third-order valence-corrected chi connectivity index (χ3v) is 5.38. The van der Waals surface area contributed by atoms with Crippen molar-refractivity contribution in [3.63, 3.8) is 0 Å². The fourth-order valence-electron chi connectivity index (χ4n) is 3.09. The van der Waals surface area contributed by atoms with Gasteiger partial charge in [-0.2, -0.15) is 0 Å². The van der Waals surface area contributed by atoms with Crippen molar-refractivity contribution >= 4 is 33.4 Å². The molecule has 0 bridgehead atoms. The van der Waals surface area contributed by atoms with Gasteiger partial charge in [0.05, 0.1) is 22.5 Å². The minimum absolute atomic E-state index is 0.0551. The molecular weight excluding hydrogens is 405 g/mol. The van der Waals surface area contributed by atoms with Crippen LogP contribution in [0.3, 0.4) is 0 Å². The zero-order valence-electron chi connectivity index (χ0n) is 17.7. The second-order valence-electron chi connectivity index (χ2n) is 6.33. The molecule has 1 amide bonds. The Morgan fingerprint density at radius 2 is 1.93 bits per heavy atom. The predicted molar refractivity (Wildman–Crippen MR) is 118 cm³/mol. The van der Waals surface area contributed by atoms with Crippen LogP contribution in [-0.4, -0.2) is 51.1 Å². The van der Waals surface area contributed by atoms with Gasteiger partial charge in [-0.05, 0) is 42.8 Å². The number of aliphatic hydroxyl groups is 1. The Morgan fingerprint density at radius 3 is 2.60 bits per heavy atom. The molecule has 7 nitrogen and oxygen atoms in total. The first kappa shape index (κ1) is 23.6. The minimum atomic E-state index is -0.393. The van der Waals surface area contributed by atoms with Gasteiger partial charge in [-0.15, -0.1) is 11.3 Å².